The Morgan fingerprint density at radius 3 is 2.62 bits per heavy atom. The Morgan fingerprint density at radius 2 is 2.04 bits per heavy atom. The largest absolute Gasteiger partial charge is 0.611 e. The van der Waals surface area contributed by atoms with Crippen molar-refractivity contribution in [2.75, 3.05) is 5.75 Å². The SMILES string of the molecule is CCn1ncc(C(=O)c2cc(C)c3c(c2C)C(=O)C(C)(C)C[S+]3[O-])c1O. The van der Waals surface area contributed by atoms with Gasteiger partial charge in [0.05, 0.1) is 17.2 Å². The highest BCUT2D eigenvalue weighted by Gasteiger charge is 2.45. The molecule has 1 aromatic heterocycles. The highest BCUT2D eigenvalue weighted by atomic mass is 32.2. The number of carbonyl (C=O) groups excluding carboxylic acids is 2. The summed E-state index contributed by atoms with van der Waals surface area (Å²) in [5, 5.41) is 14.2. The molecular weight excluding hydrogens is 352 g/mol. The Kier molecular flexibility index (Phi) is 4.48. The Labute approximate surface area is 155 Å². The van der Waals surface area contributed by atoms with E-state index < -0.39 is 22.4 Å². The van der Waals surface area contributed by atoms with E-state index >= 15 is 0 Å². The number of hydrogen-bond acceptors (Lipinski definition) is 5. The zero-order valence-corrected chi connectivity index (χ0v) is 16.4. The van der Waals surface area contributed by atoms with Crippen LogP contribution in [0.4, 0.5) is 0 Å². The number of aryl methyl sites for hydroxylation is 2. The van der Waals surface area contributed by atoms with Crippen molar-refractivity contribution in [2.24, 2.45) is 5.41 Å². The van der Waals surface area contributed by atoms with Crippen LogP contribution in [0.5, 0.6) is 5.88 Å². The Balaban J connectivity index is 2.21. The zero-order valence-electron chi connectivity index (χ0n) is 15.5. The minimum absolute atomic E-state index is 0.0953. The second-order valence-corrected chi connectivity index (χ2v) is 8.69. The second-order valence-electron chi connectivity index (χ2n) is 7.30. The molecule has 1 aliphatic heterocycles. The molecule has 3 rings (SSSR count). The summed E-state index contributed by atoms with van der Waals surface area (Å²) in [5.41, 5.74) is 1.22. The predicted octanol–water partition coefficient (Wildman–Crippen LogP) is 2.79. The molecule has 1 N–H and O–H groups in total. The maximum Gasteiger partial charge on any atom is 0.220 e. The molecule has 0 fully saturated rings. The fourth-order valence-corrected chi connectivity index (χ4v) is 5.24. The van der Waals surface area contributed by atoms with E-state index in [0.717, 1.165) is 0 Å². The smallest absolute Gasteiger partial charge is 0.220 e. The standard InChI is InChI=1S/C19H22N2O4S/c1-6-21-18(24)13(8-20-21)15(22)12-7-10(2)16-14(11(12)3)17(23)19(4,5)9-26(16)25/h7-8,24H,6,9H2,1-5H3. The molecule has 0 spiro atoms. The molecule has 0 amide bonds. The first kappa shape index (κ1) is 18.7. The monoisotopic (exact) mass is 374 g/mol. The molecule has 0 saturated heterocycles. The number of carbonyl (C=O) groups is 2. The maximum absolute atomic E-state index is 13.0. The first-order chi connectivity index (χ1) is 12.1. The van der Waals surface area contributed by atoms with Gasteiger partial charge in [-0.1, -0.05) is 0 Å². The van der Waals surface area contributed by atoms with Crippen molar-refractivity contribution in [2.45, 2.75) is 46.1 Å². The molecule has 0 radical (unpaired) electrons. The first-order valence-electron chi connectivity index (χ1n) is 8.47. The molecular formula is C19H22N2O4S. The molecule has 0 aliphatic carbocycles. The molecule has 0 saturated carbocycles. The van der Waals surface area contributed by atoms with E-state index in [4.69, 9.17) is 0 Å². The van der Waals surface area contributed by atoms with Crippen LogP contribution < -0.4 is 0 Å². The second kappa shape index (κ2) is 6.25. The van der Waals surface area contributed by atoms with Crippen LogP contribution in [0.3, 0.4) is 0 Å². The number of nitrogens with zero attached hydrogens (tertiary/aromatic N) is 2. The van der Waals surface area contributed by atoms with Gasteiger partial charge in [0, 0.05) is 17.7 Å². The van der Waals surface area contributed by atoms with Crippen LogP contribution >= 0.6 is 0 Å². The van der Waals surface area contributed by atoms with E-state index in [2.05, 4.69) is 5.10 Å². The Morgan fingerprint density at radius 1 is 1.38 bits per heavy atom. The molecule has 1 aliphatic rings. The van der Waals surface area contributed by atoms with Gasteiger partial charge < -0.3 is 9.66 Å². The van der Waals surface area contributed by atoms with Gasteiger partial charge in [0.15, 0.2) is 16.5 Å². The lowest BCUT2D eigenvalue weighted by atomic mass is 9.81. The van der Waals surface area contributed by atoms with Gasteiger partial charge in [-0.15, -0.1) is 0 Å². The third-order valence-corrected chi connectivity index (χ3v) is 6.85. The topological polar surface area (TPSA) is 95.2 Å². The van der Waals surface area contributed by atoms with Crippen molar-refractivity contribution in [1.82, 2.24) is 9.78 Å². The number of aromatic hydroxyl groups is 1. The van der Waals surface area contributed by atoms with Crippen LogP contribution in [-0.2, 0) is 17.7 Å². The van der Waals surface area contributed by atoms with Crippen molar-refractivity contribution < 1.29 is 19.2 Å². The molecule has 2 aromatic rings. The summed E-state index contributed by atoms with van der Waals surface area (Å²) in [7, 11) is 0. The molecule has 2 heterocycles. The van der Waals surface area contributed by atoms with Crippen molar-refractivity contribution in [3.05, 3.63) is 40.1 Å². The van der Waals surface area contributed by atoms with Gasteiger partial charge in [0.2, 0.25) is 5.88 Å². The lowest BCUT2D eigenvalue weighted by Gasteiger charge is -2.32. The van der Waals surface area contributed by atoms with Crippen LogP contribution in [0.25, 0.3) is 0 Å². The van der Waals surface area contributed by atoms with E-state index in [9.17, 15) is 19.2 Å². The van der Waals surface area contributed by atoms with Crippen molar-refractivity contribution in [3.8, 4) is 5.88 Å². The molecule has 7 heteroatoms. The number of Topliss-reactive ketones (excluding diaryl/α,β-unsaturated/α-hetero) is 1. The van der Waals surface area contributed by atoms with E-state index in [1.54, 1.807) is 33.8 Å². The van der Waals surface area contributed by atoms with Crippen LogP contribution in [0.2, 0.25) is 0 Å². The third kappa shape index (κ3) is 2.66. The minimum Gasteiger partial charge on any atom is -0.611 e. The zero-order chi connectivity index (χ0) is 19.4. The van der Waals surface area contributed by atoms with E-state index in [0.29, 0.717) is 33.7 Å². The number of aromatic nitrogens is 2. The van der Waals surface area contributed by atoms with Crippen LogP contribution in [0.1, 0.15) is 58.2 Å². The minimum atomic E-state index is -1.29. The van der Waals surface area contributed by atoms with Crippen LogP contribution in [0.15, 0.2) is 17.2 Å². The lowest BCUT2D eigenvalue weighted by Crippen LogP contribution is -2.39. The molecule has 0 bridgehead atoms. The van der Waals surface area contributed by atoms with E-state index in [-0.39, 0.29) is 23.0 Å². The fourth-order valence-electron chi connectivity index (χ4n) is 3.41. The lowest BCUT2D eigenvalue weighted by molar-refractivity contribution is 0.0851. The predicted molar refractivity (Wildman–Crippen MR) is 98.3 cm³/mol. The van der Waals surface area contributed by atoms with Gasteiger partial charge in [-0.3, -0.25) is 9.59 Å². The van der Waals surface area contributed by atoms with Gasteiger partial charge in [-0.2, -0.15) is 5.10 Å². The van der Waals surface area contributed by atoms with Crippen LogP contribution in [-0.4, -0.2) is 36.8 Å². The quantitative estimate of drug-likeness (QED) is 0.658. The highest BCUT2D eigenvalue weighted by molar-refractivity contribution is 7.91. The van der Waals surface area contributed by atoms with Gasteiger partial charge in [0.1, 0.15) is 11.3 Å². The summed E-state index contributed by atoms with van der Waals surface area (Å²) < 4.78 is 14.0. The summed E-state index contributed by atoms with van der Waals surface area (Å²) >= 11 is -1.29. The van der Waals surface area contributed by atoms with Gasteiger partial charge in [-0.05, 0) is 57.4 Å². The molecule has 1 unspecified atom stereocenters. The number of fused-ring (bicyclic) bond motifs is 1. The third-order valence-electron chi connectivity index (χ3n) is 4.89. The first-order valence-corrected chi connectivity index (χ1v) is 9.78. The van der Waals surface area contributed by atoms with E-state index in [1.807, 2.05) is 6.92 Å². The summed E-state index contributed by atoms with van der Waals surface area (Å²) in [6.45, 7) is 9.25. The highest BCUT2D eigenvalue weighted by Crippen LogP contribution is 2.40. The number of benzene rings is 1. The molecule has 1 atom stereocenters. The Bertz CT molecular complexity index is 930. The number of hydrogen-bond donors (Lipinski definition) is 1. The maximum atomic E-state index is 13.0. The Hall–Kier alpha value is -2.12. The summed E-state index contributed by atoms with van der Waals surface area (Å²) in [6, 6.07) is 1.66. The number of ketones is 2. The summed E-state index contributed by atoms with van der Waals surface area (Å²) in [6.07, 6.45) is 1.33. The van der Waals surface area contributed by atoms with Crippen molar-refractivity contribution in [1.29, 1.82) is 0 Å². The summed E-state index contributed by atoms with van der Waals surface area (Å²) in [5.74, 6) is -0.415. The van der Waals surface area contributed by atoms with Gasteiger partial charge >= 0.3 is 0 Å². The average Bonchev–Trinajstić information content (AvgIpc) is 2.94. The molecule has 26 heavy (non-hydrogen) atoms. The van der Waals surface area contributed by atoms with Gasteiger partial charge in [-0.25, -0.2) is 4.68 Å². The van der Waals surface area contributed by atoms with E-state index in [1.165, 1.54) is 10.9 Å². The normalized spacial score (nSPS) is 18.7. The van der Waals surface area contributed by atoms with Crippen LogP contribution in [0, 0.1) is 19.3 Å². The van der Waals surface area contributed by atoms with Crippen molar-refractivity contribution >= 4 is 22.7 Å². The fraction of sp³-hybridized carbons (Fsp3) is 0.421. The van der Waals surface area contributed by atoms with Crippen molar-refractivity contribution in [3.63, 3.8) is 0 Å². The number of rotatable bonds is 3. The molecule has 6 nitrogen and oxygen atoms in total. The average molecular weight is 374 g/mol. The van der Waals surface area contributed by atoms with Gasteiger partial charge in [0.25, 0.3) is 0 Å². The molecule has 1 aromatic carbocycles. The summed E-state index contributed by atoms with van der Waals surface area (Å²) in [4.78, 5) is 26.5. The molecule has 138 valence electrons.